The third-order valence-electron chi connectivity index (χ3n) is 2.53. The molecule has 7 nitrogen and oxygen atoms in total. The molecule has 2 rings (SSSR count). The number of aromatic nitrogens is 3. The fourth-order valence-electron chi connectivity index (χ4n) is 1.63. The fourth-order valence-corrected chi connectivity index (χ4v) is 1.63. The molecule has 94 valence electrons. The Bertz CT molecular complexity index is 346. The van der Waals surface area contributed by atoms with E-state index in [4.69, 9.17) is 14.2 Å². The number of aromatic amines is 1. The summed E-state index contributed by atoms with van der Waals surface area (Å²) in [6.07, 6.45) is 0. The first-order chi connectivity index (χ1) is 8.31. The Morgan fingerprint density at radius 1 is 1.18 bits per heavy atom. The lowest BCUT2D eigenvalue weighted by Gasteiger charge is -2.24. The van der Waals surface area contributed by atoms with Crippen molar-refractivity contribution in [2.75, 3.05) is 40.5 Å². The van der Waals surface area contributed by atoms with Crippen LogP contribution < -0.4 is 14.5 Å². The van der Waals surface area contributed by atoms with Gasteiger partial charge in [-0.2, -0.15) is 4.98 Å². The molecule has 0 aliphatic carbocycles. The first kappa shape index (κ1) is 12.0. The van der Waals surface area contributed by atoms with Crippen molar-refractivity contribution in [1.29, 1.82) is 0 Å². The third-order valence-corrected chi connectivity index (χ3v) is 2.53. The van der Waals surface area contributed by atoms with Gasteiger partial charge in [0.25, 0.3) is 5.82 Å². The molecule has 0 bridgehead atoms. The average Bonchev–Trinajstić information content (AvgIpc) is 2.39. The summed E-state index contributed by atoms with van der Waals surface area (Å²) in [4.78, 5) is 13.5. The van der Waals surface area contributed by atoms with Crippen LogP contribution in [0.5, 0.6) is 12.0 Å². The molecule has 0 radical (unpaired) electrons. The molecule has 2 heterocycles. The van der Waals surface area contributed by atoms with Crippen molar-refractivity contribution in [3.8, 4) is 12.0 Å². The summed E-state index contributed by atoms with van der Waals surface area (Å²) in [6, 6.07) is 0.806. The largest absolute Gasteiger partial charge is 0.444 e. The summed E-state index contributed by atoms with van der Waals surface area (Å²) in [5, 5.41) is 0. The molecule has 0 atom stereocenters. The predicted octanol–water partition coefficient (Wildman–Crippen LogP) is -0.860. The van der Waals surface area contributed by atoms with Gasteiger partial charge in [0.05, 0.1) is 34.0 Å². The van der Waals surface area contributed by atoms with Crippen molar-refractivity contribution in [1.82, 2.24) is 14.9 Å². The van der Waals surface area contributed by atoms with Crippen LogP contribution in [0.4, 0.5) is 0 Å². The summed E-state index contributed by atoms with van der Waals surface area (Å²) in [5.74, 6) is 0.680. The second-order valence-corrected chi connectivity index (χ2v) is 3.67. The van der Waals surface area contributed by atoms with Crippen molar-refractivity contribution in [3.63, 3.8) is 0 Å². The Morgan fingerprint density at radius 3 is 2.29 bits per heavy atom. The molecular weight excluding hydrogens is 224 g/mol. The zero-order valence-corrected chi connectivity index (χ0v) is 10.1. The molecule has 0 unspecified atom stereocenters. The van der Waals surface area contributed by atoms with Gasteiger partial charge in [-0.05, 0) is 9.97 Å². The third kappa shape index (κ3) is 3.24. The Morgan fingerprint density at radius 2 is 1.76 bits per heavy atom. The Hall–Kier alpha value is -1.47. The number of methoxy groups -OCH3 is 2. The van der Waals surface area contributed by atoms with Crippen LogP contribution in [0.15, 0.2) is 0 Å². The number of H-pyrrole nitrogens is 1. The quantitative estimate of drug-likeness (QED) is 0.683. The maximum absolute atomic E-state index is 5.29. The molecule has 0 aromatic carbocycles. The number of ether oxygens (including phenoxy) is 3. The highest BCUT2D eigenvalue weighted by Gasteiger charge is 2.20. The van der Waals surface area contributed by atoms with Crippen molar-refractivity contribution in [2.45, 2.75) is 6.54 Å². The van der Waals surface area contributed by atoms with E-state index in [-0.39, 0.29) is 0 Å². The fraction of sp³-hybridized carbons (Fsp3) is 0.700. The standard InChI is InChI=1S/C10H16N4O3/c1-15-9-11-8(12-10(13-9)16-2)7-14-3-5-17-6-4-14/h3-7H2,1-2H3/p+1. The van der Waals surface area contributed by atoms with E-state index < -0.39 is 0 Å². The second kappa shape index (κ2) is 5.74. The smallest absolute Gasteiger partial charge is 0.437 e. The van der Waals surface area contributed by atoms with Gasteiger partial charge in [-0.1, -0.05) is 0 Å². The van der Waals surface area contributed by atoms with Gasteiger partial charge in [0.15, 0.2) is 0 Å². The normalized spacial score (nSPS) is 16.8. The molecule has 17 heavy (non-hydrogen) atoms. The van der Waals surface area contributed by atoms with Crippen LogP contribution in [0.2, 0.25) is 0 Å². The Balaban J connectivity index is 2.07. The number of nitrogens with one attached hydrogen (secondary N) is 1. The zero-order valence-electron chi connectivity index (χ0n) is 10.1. The molecule has 1 aliphatic rings. The van der Waals surface area contributed by atoms with Crippen LogP contribution in [0, 0.1) is 0 Å². The molecule has 1 aromatic rings. The van der Waals surface area contributed by atoms with E-state index in [0.29, 0.717) is 24.4 Å². The van der Waals surface area contributed by atoms with Crippen molar-refractivity contribution >= 4 is 0 Å². The lowest BCUT2D eigenvalue weighted by atomic mass is 10.4. The maximum atomic E-state index is 5.29. The van der Waals surface area contributed by atoms with E-state index in [1.54, 1.807) is 14.2 Å². The Labute approximate surface area is 99.7 Å². The van der Waals surface area contributed by atoms with Gasteiger partial charge in [-0.25, -0.2) is 0 Å². The van der Waals surface area contributed by atoms with Crippen LogP contribution in [-0.2, 0) is 11.3 Å². The monoisotopic (exact) mass is 241 g/mol. The van der Waals surface area contributed by atoms with E-state index in [9.17, 15) is 0 Å². The van der Waals surface area contributed by atoms with Crippen LogP contribution in [0.3, 0.4) is 0 Å². The van der Waals surface area contributed by atoms with Gasteiger partial charge < -0.3 is 14.2 Å². The minimum Gasteiger partial charge on any atom is -0.444 e. The minimum atomic E-state index is 0.403. The van der Waals surface area contributed by atoms with E-state index in [0.717, 1.165) is 26.3 Å². The molecule has 0 saturated carbocycles. The van der Waals surface area contributed by atoms with Gasteiger partial charge in [0.2, 0.25) is 0 Å². The summed E-state index contributed by atoms with van der Waals surface area (Å²) >= 11 is 0. The highest BCUT2D eigenvalue weighted by atomic mass is 16.5. The SMILES string of the molecule is COc1nc(CN2CCOCC2)nc(OC)[nH+]1. The molecule has 1 N–H and O–H groups in total. The van der Waals surface area contributed by atoms with Gasteiger partial charge in [0.1, 0.15) is 0 Å². The van der Waals surface area contributed by atoms with Crippen molar-refractivity contribution in [2.24, 2.45) is 0 Å². The number of hydrogen-bond donors (Lipinski definition) is 0. The first-order valence-electron chi connectivity index (χ1n) is 5.50. The molecule has 7 heteroatoms. The van der Waals surface area contributed by atoms with Gasteiger partial charge in [-0.15, -0.1) is 0 Å². The van der Waals surface area contributed by atoms with Crippen LogP contribution >= 0.6 is 0 Å². The summed E-state index contributed by atoms with van der Waals surface area (Å²) < 4.78 is 15.4. The van der Waals surface area contributed by atoms with Gasteiger partial charge >= 0.3 is 12.0 Å². The Kier molecular flexibility index (Phi) is 4.05. The van der Waals surface area contributed by atoms with E-state index in [1.165, 1.54) is 0 Å². The number of rotatable bonds is 4. The number of nitrogens with zero attached hydrogens (tertiary/aromatic N) is 3. The molecule has 0 amide bonds. The minimum absolute atomic E-state index is 0.403. The topological polar surface area (TPSA) is 70.9 Å². The van der Waals surface area contributed by atoms with Gasteiger partial charge in [0, 0.05) is 13.1 Å². The number of morpholine rings is 1. The van der Waals surface area contributed by atoms with Gasteiger partial charge in [-0.3, -0.25) is 4.90 Å². The highest BCUT2D eigenvalue weighted by molar-refractivity contribution is 4.95. The zero-order chi connectivity index (χ0) is 12.1. The number of hydrogen-bond acceptors (Lipinski definition) is 6. The lowest BCUT2D eigenvalue weighted by Crippen LogP contribution is -2.36. The molecule has 1 aliphatic heterocycles. The lowest BCUT2D eigenvalue weighted by molar-refractivity contribution is -0.417. The molecule has 1 aromatic heterocycles. The second-order valence-electron chi connectivity index (χ2n) is 3.67. The van der Waals surface area contributed by atoms with Crippen molar-refractivity contribution in [3.05, 3.63) is 5.82 Å². The van der Waals surface area contributed by atoms with Crippen LogP contribution in [0.1, 0.15) is 5.82 Å². The van der Waals surface area contributed by atoms with E-state index in [1.807, 2.05) is 0 Å². The summed E-state index contributed by atoms with van der Waals surface area (Å²) in [7, 11) is 3.10. The van der Waals surface area contributed by atoms with Crippen LogP contribution in [0.25, 0.3) is 0 Å². The highest BCUT2D eigenvalue weighted by Crippen LogP contribution is 2.07. The molecule has 1 fully saturated rings. The molecule has 0 spiro atoms. The molecular formula is C10H17N4O3+. The van der Waals surface area contributed by atoms with Crippen molar-refractivity contribution < 1.29 is 19.2 Å². The maximum Gasteiger partial charge on any atom is 0.437 e. The summed E-state index contributed by atoms with van der Waals surface area (Å²) in [6.45, 7) is 3.98. The predicted molar refractivity (Wildman–Crippen MR) is 57.8 cm³/mol. The molecule has 1 saturated heterocycles. The van der Waals surface area contributed by atoms with Crippen LogP contribution in [-0.4, -0.2) is 55.4 Å². The average molecular weight is 241 g/mol. The summed E-state index contributed by atoms with van der Waals surface area (Å²) in [5.41, 5.74) is 0. The van der Waals surface area contributed by atoms with E-state index >= 15 is 0 Å². The van der Waals surface area contributed by atoms with E-state index in [2.05, 4.69) is 19.9 Å². The first-order valence-corrected chi connectivity index (χ1v) is 5.50.